The van der Waals surface area contributed by atoms with Gasteiger partial charge in [0.15, 0.2) is 0 Å². The molecule has 122 valence electrons. The molecule has 1 N–H and O–H groups in total. The van der Waals surface area contributed by atoms with Crippen LogP contribution in [0.3, 0.4) is 0 Å². The number of dihydropyridines is 1. The number of alkyl halides is 2. The monoisotopic (exact) mass is 332 g/mol. The summed E-state index contributed by atoms with van der Waals surface area (Å²) in [5.41, 5.74) is 0.962. The molecule has 2 heterocycles. The van der Waals surface area contributed by atoms with E-state index in [4.69, 9.17) is 21.1 Å². The Morgan fingerprint density at radius 1 is 1.27 bits per heavy atom. The van der Waals surface area contributed by atoms with Crippen LogP contribution in [0.15, 0.2) is 30.3 Å². The van der Waals surface area contributed by atoms with Crippen LogP contribution in [0, 0.1) is 0 Å². The standard InChI is InChI=1S/C13H13ClF2N2O2.C2H6/c1-19-11-6-17-10(12(15)16)4-8(11)9-3-7(14)5-18-13(9)20-2;1-2/h3-6,10,12,17H,1-2H3;1-2H3. The number of nitrogens with zero attached hydrogens (tertiary/aromatic N) is 1. The predicted octanol–water partition coefficient (Wildman–Crippen LogP) is 3.88. The molecule has 4 nitrogen and oxygen atoms in total. The highest BCUT2D eigenvalue weighted by Gasteiger charge is 2.25. The van der Waals surface area contributed by atoms with Gasteiger partial charge in [-0.25, -0.2) is 13.8 Å². The first-order chi connectivity index (χ1) is 10.6. The highest BCUT2D eigenvalue weighted by Crippen LogP contribution is 2.34. The van der Waals surface area contributed by atoms with E-state index in [1.807, 2.05) is 13.8 Å². The maximum absolute atomic E-state index is 12.9. The summed E-state index contributed by atoms with van der Waals surface area (Å²) in [7, 11) is 2.90. The van der Waals surface area contributed by atoms with Crippen molar-refractivity contribution in [3.8, 4) is 5.88 Å². The summed E-state index contributed by atoms with van der Waals surface area (Å²) < 4.78 is 36.0. The van der Waals surface area contributed by atoms with Crippen LogP contribution >= 0.6 is 11.6 Å². The van der Waals surface area contributed by atoms with Gasteiger partial charge in [-0.2, -0.15) is 0 Å². The van der Waals surface area contributed by atoms with Crippen LogP contribution in [0.2, 0.25) is 5.02 Å². The van der Waals surface area contributed by atoms with Crippen molar-refractivity contribution >= 4 is 17.2 Å². The van der Waals surface area contributed by atoms with Gasteiger partial charge in [-0.1, -0.05) is 25.4 Å². The van der Waals surface area contributed by atoms with Gasteiger partial charge in [-0.15, -0.1) is 0 Å². The number of aromatic nitrogens is 1. The van der Waals surface area contributed by atoms with E-state index in [-0.39, 0.29) is 0 Å². The molecule has 0 amide bonds. The molecule has 0 spiro atoms. The Hall–Kier alpha value is -1.82. The predicted molar refractivity (Wildman–Crippen MR) is 83.1 cm³/mol. The van der Waals surface area contributed by atoms with E-state index >= 15 is 0 Å². The molecule has 1 aliphatic rings. The van der Waals surface area contributed by atoms with Crippen molar-refractivity contribution in [1.29, 1.82) is 0 Å². The third-order valence-corrected chi connectivity index (χ3v) is 3.02. The van der Waals surface area contributed by atoms with E-state index in [2.05, 4.69) is 10.3 Å². The maximum atomic E-state index is 12.9. The summed E-state index contributed by atoms with van der Waals surface area (Å²) in [6.07, 6.45) is 1.65. The minimum Gasteiger partial charge on any atom is -0.495 e. The van der Waals surface area contributed by atoms with Gasteiger partial charge < -0.3 is 14.8 Å². The zero-order valence-corrected chi connectivity index (χ0v) is 13.6. The average molecular weight is 333 g/mol. The Morgan fingerprint density at radius 2 is 1.95 bits per heavy atom. The molecule has 1 aliphatic heterocycles. The van der Waals surface area contributed by atoms with E-state index < -0.39 is 12.5 Å². The lowest BCUT2D eigenvalue weighted by Gasteiger charge is -2.23. The largest absolute Gasteiger partial charge is 0.495 e. The summed E-state index contributed by atoms with van der Waals surface area (Å²) in [4.78, 5) is 4.02. The van der Waals surface area contributed by atoms with Crippen LogP contribution in [0.5, 0.6) is 5.88 Å². The van der Waals surface area contributed by atoms with E-state index in [0.717, 1.165) is 0 Å². The molecule has 1 atom stereocenters. The highest BCUT2D eigenvalue weighted by atomic mass is 35.5. The summed E-state index contributed by atoms with van der Waals surface area (Å²) >= 11 is 5.91. The minimum atomic E-state index is -2.54. The summed E-state index contributed by atoms with van der Waals surface area (Å²) in [5.74, 6) is 0.697. The number of nitrogens with one attached hydrogen (secondary N) is 1. The zero-order valence-electron chi connectivity index (χ0n) is 12.9. The van der Waals surface area contributed by atoms with Gasteiger partial charge in [0, 0.05) is 23.5 Å². The molecule has 0 fully saturated rings. The third-order valence-electron chi connectivity index (χ3n) is 2.81. The molecule has 0 bridgehead atoms. The number of hydrogen-bond donors (Lipinski definition) is 1. The van der Waals surface area contributed by atoms with Crippen molar-refractivity contribution in [1.82, 2.24) is 10.3 Å². The topological polar surface area (TPSA) is 43.4 Å². The van der Waals surface area contributed by atoms with Gasteiger partial charge in [0.1, 0.15) is 11.8 Å². The zero-order chi connectivity index (χ0) is 16.7. The second kappa shape index (κ2) is 8.58. The Morgan fingerprint density at radius 3 is 2.50 bits per heavy atom. The van der Waals surface area contributed by atoms with Crippen LogP contribution in [-0.2, 0) is 4.74 Å². The number of halogens is 3. The molecule has 0 aliphatic carbocycles. The van der Waals surface area contributed by atoms with E-state index in [9.17, 15) is 8.78 Å². The molecule has 0 saturated heterocycles. The minimum absolute atomic E-state index is 0.290. The first kappa shape index (κ1) is 18.2. The number of rotatable bonds is 4. The van der Waals surface area contributed by atoms with Gasteiger partial charge in [0.05, 0.1) is 19.2 Å². The molecule has 1 aromatic heterocycles. The Balaban J connectivity index is 0.00000116. The van der Waals surface area contributed by atoms with Gasteiger partial charge >= 0.3 is 0 Å². The first-order valence-corrected chi connectivity index (χ1v) is 7.15. The fourth-order valence-corrected chi connectivity index (χ4v) is 2.04. The fourth-order valence-electron chi connectivity index (χ4n) is 1.88. The van der Waals surface area contributed by atoms with Crippen LogP contribution < -0.4 is 10.1 Å². The molecule has 22 heavy (non-hydrogen) atoms. The summed E-state index contributed by atoms with van der Waals surface area (Å²) in [5, 5.41) is 2.94. The smallest absolute Gasteiger partial charge is 0.261 e. The van der Waals surface area contributed by atoms with Crippen LogP contribution in [0.4, 0.5) is 8.78 Å². The Bertz CT molecular complexity index is 562. The second-order valence-corrected chi connectivity index (χ2v) is 4.47. The molecule has 1 unspecified atom stereocenters. The molecular weight excluding hydrogens is 314 g/mol. The van der Waals surface area contributed by atoms with Crippen LogP contribution in [-0.4, -0.2) is 31.7 Å². The van der Waals surface area contributed by atoms with Gasteiger partial charge in [0.25, 0.3) is 6.43 Å². The van der Waals surface area contributed by atoms with Crippen molar-refractivity contribution in [3.05, 3.63) is 40.9 Å². The molecule has 0 aromatic carbocycles. The molecule has 0 radical (unpaired) electrons. The van der Waals surface area contributed by atoms with Crippen LogP contribution in [0.25, 0.3) is 5.57 Å². The number of pyridine rings is 1. The molecule has 2 rings (SSSR count). The Kier molecular flexibility index (Phi) is 7.11. The van der Waals surface area contributed by atoms with Crippen LogP contribution in [0.1, 0.15) is 19.4 Å². The second-order valence-electron chi connectivity index (χ2n) is 4.03. The van der Waals surface area contributed by atoms with E-state index in [1.54, 1.807) is 6.07 Å². The number of ether oxygens (including phenoxy) is 2. The number of allylic oxidation sites excluding steroid dienone is 1. The Labute approximate surface area is 133 Å². The summed E-state index contributed by atoms with van der Waals surface area (Å²) in [6, 6.07) is 0.493. The first-order valence-electron chi connectivity index (χ1n) is 6.77. The SMILES string of the molecule is CC.COC1=CNC(C(F)F)C=C1c1cc(Cl)cnc1OC. The molecular formula is C15H19ClF2N2O2. The number of hydrogen-bond acceptors (Lipinski definition) is 4. The lowest BCUT2D eigenvalue weighted by molar-refractivity contribution is 0.122. The molecule has 1 aromatic rings. The van der Waals surface area contributed by atoms with Crippen molar-refractivity contribution < 1.29 is 18.3 Å². The van der Waals surface area contributed by atoms with Gasteiger partial charge in [-0.05, 0) is 12.1 Å². The van der Waals surface area contributed by atoms with Crippen molar-refractivity contribution in [2.75, 3.05) is 14.2 Å². The van der Waals surface area contributed by atoms with E-state index in [1.165, 1.54) is 32.7 Å². The third kappa shape index (κ3) is 4.10. The lowest BCUT2D eigenvalue weighted by atomic mass is 10.0. The van der Waals surface area contributed by atoms with Gasteiger partial charge in [0.2, 0.25) is 5.88 Å². The van der Waals surface area contributed by atoms with Crippen molar-refractivity contribution in [2.24, 2.45) is 0 Å². The normalized spacial score (nSPS) is 16.8. The van der Waals surface area contributed by atoms with Crippen molar-refractivity contribution in [3.63, 3.8) is 0 Å². The lowest BCUT2D eigenvalue weighted by Crippen LogP contribution is -2.33. The quantitative estimate of drug-likeness (QED) is 0.908. The average Bonchev–Trinajstić information content (AvgIpc) is 2.56. The highest BCUT2D eigenvalue weighted by molar-refractivity contribution is 6.30. The fraction of sp³-hybridized carbons (Fsp3) is 0.400. The molecule has 0 saturated carbocycles. The van der Waals surface area contributed by atoms with Crippen molar-refractivity contribution in [2.45, 2.75) is 26.3 Å². The van der Waals surface area contributed by atoms with Gasteiger partial charge in [-0.3, -0.25) is 0 Å². The molecule has 7 heteroatoms. The maximum Gasteiger partial charge on any atom is 0.261 e. The number of methoxy groups -OCH3 is 2. The van der Waals surface area contributed by atoms with E-state index in [0.29, 0.717) is 27.8 Å². The summed E-state index contributed by atoms with van der Waals surface area (Å²) in [6.45, 7) is 4.00.